The molecule has 0 aliphatic rings. The molecule has 0 saturated heterocycles. The second-order valence-corrected chi connectivity index (χ2v) is 4.06. The van der Waals surface area contributed by atoms with Gasteiger partial charge in [0.1, 0.15) is 11.9 Å². The van der Waals surface area contributed by atoms with Gasteiger partial charge in [-0.25, -0.2) is 14.8 Å². The van der Waals surface area contributed by atoms with Crippen molar-refractivity contribution >= 4 is 5.97 Å². The zero-order valence-corrected chi connectivity index (χ0v) is 11.4. The summed E-state index contributed by atoms with van der Waals surface area (Å²) in [5, 5.41) is 9.30. The SMILES string of the molecule is COc1ccc(-c2ncnc(C)c2C(=O)O)cc1OC. The molecule has 0 fully saturated rings. The predicted molar refractivity (Wildman–Crippen MR) is 72.3 cm³/mol. The minimum absolute atomic E-state index is 0.0831. The fourth-order valence-electron chi connectivity index (χ4n) is 1.93. The molecule has 2 rings (SSSR count). The Balaban J connectivity index is 2.63. The zero-order chi connectivity index (χ0) is 14.7. The molecule has 104 valence electrons. The monoisotopic (exact) mass is 274 g/mol. The van der Waals surface area contributed by atoms with Crippen molar-refractivity contribution in [2.45, 2.75) is 6.92 Å². The fraction of sp³-hybridized carbons (Fsp3) is 0.214. The first kappa shape index (κ1) is 13.8. The lowest BCUT2D eigenvalue weighted by molar-refractivity contribution is 0.0696. The van der Waals surface area contributed by atoms with Crippen LogP contribution in [-0.2, 0) is 0 Å². The quantitative estimate of drug-likeness (QED) is 0.920. The smallest absolute Gasteiger partial charge is 0.339 e. The molecule has 0 spiro atoms. The van der Waals surface area contributed by atoms with Gasteiger partial charge in [0.05, 0.1) is 25.6 Å². The van der Waals surface area contributed by atoms with Crippen LogP contribution in [0.25, 0.3) is 11.3 Å². The Morgan fingerprint density at radius 3 is 2.45 bits per heavy atom. The number of rotatable bonds is 4. The largest absolute Gasteiger partial charge is 0.493 e. The molecule has 0 saturated carbocycles. The molecule has 1 heterocycles. The van der Waals surface area contributed by atoms with Gasteiger partial charge in [-0.1, -0.05) is 0 Å². The first-order valence-electron chi connectivity index (χ1n) is 5.85. The van der Waals surface area contributed by atoms with E-state index in [1.54, 1.807) is 25.1 Å². The molecule has 0 amide bonds. The van der Waals surface area contributed by atoms with E-state index >= 15 is 0 Å². The first-order chi connectivity index (χ1) is 9.58. The van der Waals surface area contributed by atoms with E-state index in [0.29, 0.717) is 28.5 Å². The number of hydrogen-bond acceptors (Lipinski definition) is 5. The molecule has 6 heteroatoms. The normalized spacial score (nSPS) is 10.2. The van der Waals surface area contributed by atoms with Crippen molar-refractivity contribution in [1.82, 2.24) is 9.97 Å². The number of ether oxygens (including phenoxy) is 2. The van der Waals surface area contributed by atoms with Crippen LogP contribution in [-0.4, -0.2) is 35.3 Å². The van der Waals surface area contributed by atoms with E-state index in [4.69, 9.17) is 9.47 Å². The average Bonchev–Trinajstić information content (AvgIpc) is 2.45. The Morgan fingerprint density at radius 1 is 1.15 bits per heavy atom. The number of hydrogen-bond donors (Lipinski definition) is 1. The molecule has 1 aromatic heterocycles. The lowest BCUT2D eigenvalue weighted by Gasteiger charge is -2.11. The second-order valence-electron chi connectivity index (χ2n) is 4.06. The lowest BCUT2D eigenvalue weighted by Crippen LogP contribution is -2.06. The molecule has 2 aromatic rings. The number of aryl methyl sites for hydroxylation is 1. The summed E-state index contributed by atoms with van der Waals surface area (Å²) in [6, 6.07) is 5.12. The van der Waals surface area contributed by atoms with Crippen LogP contribution in [0.1, 0.15) is 16.1 Å². The highest BCUT2D eigenvalue weighted by atomic mass is 16.5. The summed E-state index contributed by atoms with van der Waals surface area (Å²) in [7, 11) is 3.06. The maximum absolute atomic E-state index is 11.4. The number of carboxylic acid groups (broad SMARTS) is 1. The molecule has 0 atom stereocenters. The summed E-state index contributed by atoms with van der Waals surface area (Å²) in [6.07, 6.45) is 1.34. The van der Waals surface area contributed by atoms with Gasteiger partial charge in [0.2, 0.25) is 0 Å². The number of carboxylic acids is 1. The van der Waals surface area contributed by atoms with Gasteiger partial charge in [-0.05, 0) is 25.1 Å². The molecular formula is C14H14N2O4. The van der Waals surface area contributed by atoms with Gasteiger partial charge in [0, 0.05) is 5.56 Å². The lowest BCUT2D eigenvalue weighted by atomic mass is 10.0. The van der Waals surface area contributed by atoms with Crippen LogP contribution in [0.4, 0.5) is 0 Å². The third-order valence-corrected chi connectivity index (χ3v) is 2.91. The Bertz CT molecular complexity index is 656. The third kappa shape index (κ3) is 2.40. The van der Waals surface area contributed by atoms with Gasteiger partial charge in [-0.2, -0.15) is 0 Å². The van der Waals surface area contributed by atoms with Crippen LogP contribution in [0.15, 0.2) is 24.5 Å². The highest BCUT2D eigenvalue weighted by molar-refractivity contribution is 5.95. The number of nitrogens with zero attached hydrogens (tertiary/aromatic N) is 2. The highest BCUT2D eigenvalue weighted by Gasteiger charge is 2.18. The molecule has 20 heavy (non-hydrogen) atoms. The summed E-state index contributed by atoms with van der Waals surface area (Å²) in [4.78, 5) is 19.3. The van der Waals surface area contributed by atoms with Gasteiger partial charge in [0.25, 0.3) is 0 Å². The van der Waals surface area contributed by atoms with Gasteiger partial charge >= 0.3 is 5.97 Å². The van der Waals surface area contributed by atoms with Crippen molar-refractivity contribution in [2.24, 2.45) is 0 Å². The summed E-state index contributed by atoms with van der Waals surface area (Å²) >= 11 is 0. The molecular weight excluding hydrogens is 260 g/mol. The Kier molecular flexibility index (Phi) is 3.84. The molecule has 1 aromatic carbocycles. The van der Waals surface area contributed by atoms with Crippen molar-refractivity contribution in [3.8, 4) is 22.8 Å². The third-order valence-electron chi connectivity index (χ3n) is 2.91. The van der Waals surface area contributed by atoms with Crippen molar-refractivity contribution < 1.29 is 19.4 Å². The van der Waals surface area contributed by atoms with Crippen molar-refractivity contribution in [3.05, 3.63) is 35.8 Å². The van der Waals surface area contributed by atoms with Crippen LogP contribution >= 0.6 is 0 Å². The van der Waals surface area contributed by atoms with Crippen molar-refractivity contribution in [2.75, 3.05) is 14.2 Å². The topological polar surface area (TPSA) is 81.5 Å². The Morgan fingerprint density at radius 2 is 1.85 bits per heavy atom. The molecule has 0 unspecified atom stereocenters. The molecule has 0 aliphatic carbocycles. The first-order valence-corrected chi connectivity index (χ1v) is 5.85. The zero-order valence-electron chi connectivity index (χ0n) is 11.4. The predicted octanol–water partition coefficient (Wildman–Crippen LogP) is 2.17. The number of carbonyl (C=O) groups is 1. The number of benzene rings is 1. The Labute approximate surface area is 116 Å². The minimum Gasteiger partial charge on any atom is -0.493 e. The summed E-state index contributed by atoms with van der Waals surface area (Å²) in [5.41, 5.74) is 1.48. The molecule has 6 nitrogen and oxygen atoms in total. The van der Waals surface area contributed by atoms with E-state index < -0.39 is 5.97 Å². The maximum Gasteiger partial charge on any atom is 0.339 e. The standard InChI is InChI=1S/C14H14N2O4/c1-8-12(14(17)18)13(16-7-15-8)9-4-5-10(19-2)11(6-9)20-3/h4-7H,1-3H3,(H,17,18). The van der Waals surface area contributed by atoms with E-state index in [0.717, 1.165) is 0 Å². The number of aromatic carboxylic acids is 1. The van der Waals surface area contributed by atoms with Gasteiger partial charge in [0.15, 0.2) is 11.5 Å². The number of methoxy groups -OCH3 is 2. The van der Waals surface area contributed by atoms with E-state index in [2.05, 4.69) is 9.97 Å². The fourth-order valence-corrected chi connectivity index (χ4v) is 1.93. The van der Waals surface area contributed by atoms with Gasteiger partial charge in [-0.3, -0.25) is 0 Å². The van der Waals surface area contributed by atoms with Crippen LogP contribution in [0.3, 0.4) is 0 Å². The number of aromatic nitrogens is 2. The second kappa shape index (κ2) is 5.56. The Hall–Kier alpha value is -2.63. The maximum atomic E-state index is 11.4. The molecule has 0 radical (unpaired) electrons. The van der Waals surface area contributed by atoms with E-state index in [1.807, 2.05) is 0 Å². The van der Waals surface area contributed by atoms with Crippen LogP contribution in [0.5, 0.6) is 11.5 Å². The van der Waals surface area contributed by atoms with Crippen molar-refractivity contribution in [3.63, 3.8) is 0 Å². The van der Waals surface area contributed by atoms with Crippen LogP contribution < -0.4 is 9.47 Å². The minimum atomic E-state index is -1.06. The summed E-state index contributed by atoms with van der Waals surface area (Å²) in [6.45, 7) is 1.63. The summed E-state index contributed by atoms with van der Waals surface area (Å²) in [5.74, 6) is 0.0180. The van der Waals surface area contributed by atoms with Gasteiger partial charge in [-0.15, -0.1) is 0 Å². The molecule has 0 aliphatic heterocycles. The average molecular weight is 274 g/mol. The van der Waals surface area contributed by atoms with Crippen LogP contribution in [0.2, 0.25) is 0 Å². The highest BCUT2D eigenvalue weighted by Crippen LogP contribution is 2.33. The molecule has 0 bridgehead atoms. The van der Waals surface area contributed by atoms with Crippen molar-refractivity contribution in [1.29, 1.82) is 0 Å². The van der Waals surface area contributed by atoms with E-state index in [9.17, 15) is 9.90 Å². The van der Waals surface area contributed by atoms with Crippen LogP contribution in [0, 0.1) is 6.92 Å². The van der Waals surface area contributed by atoms with Gasteiger partial charge < -0.3 is 14.6 Å². The molecule has 1 N–H and O–H groups in total. The van der Waals surface area contributed by atoms with E-state index in [1.165, 1.54) is 20.5 Å². The summed E-state index contributed by atoms with van der Waals surface area (Å²) < 4.78 is 10.4. The van der Waals surface area contributed by atoms with E-state index in [-0.39, 0.29) is 5.56 Å².